The van der Waals surface area contributed by atoms with E-state index in [4.69, 9.17) is 4.74 Å². The number of carbonyl (C=O) groups is 1. The summed E-state index contributed by atoms with van der Waals surface area (Å²) in [5, 5.41) is 7.31. The van der Waals surface area contributed by atoms with Crippen molar-refractivity contribution < 1.29 is 22.7 Å². The molecule has 2 aliphatic heterocycles. The second-order valence-corrected chi connectivity index (χ2v) is 7.87. The van der Waals surface area contributed by atoms with E-state index in [9.17, 15) is 18.0 Å². The SMILES string of the molecule is Cn1nc(C2CCCOC2)cc1NC(=O)c1ccc(C(F)(F)F)cc1N1CCCC1. The van der Waals surface area contributed by atoms with Crippen LogP contribution in [0.25, 0.3) is 0 Å². The van der Waals surface area contributed by atoms with Gasteiger partial charge in [0, 0.05) is 38.7 Å². The number of alkyl halides is 3. The van der Waals surface area contributed by atoms with Crippen LogP contribution in [-0.4, -0.2) is 42.0 Å². The predicted molar refractivity (Wildman–Crippen MR) is 107 cm³/mol. The van der Waals surface area contributed by atoms with Crippen molar-refractivity contribution in [3.63, 3.8) is 0 Å². The minimum Gasteiger partial charge on any atom is -0.381 e. The molecule has 1 N–H and O–H groups in total. The number of carbonyl (C=O) groups excluding carboxylic acids is 1. The van der Waals surface area contributed by atoms with Crippen LogP contribution in [0.3, 0.4) is 0 Å². The highest BCUT2D eigenvalue weighted by atomic mass is 19.4. The van der Waals surface area contributed by atoms with Gasteiger partial charge in [-0.1, -0.05) is 0 Å². The number of ether oxygens (including phenoxy) is 1. The zero-order chi connectivity index (χ0) is 21.3. The molecule has 30 heavy (non-hydrogen) atoms. The Bertz CT molecular complexity index is 913. The third-order valence-corrected chi connectivity index (χ3v) is 5.74. The summed E-state index contributed by atoms with van der Waals surface area (Å²) in [5.74, 6) is 0.245. The fraction of sp³-hybridized carbons (Fsp3) is 0.524. The Balaban J connectivity index is 1.59. The maximum atomic E-state index is 13.2. The number of hydrogen-bond acceptors (Lipinski definition) is 4. The van der Waals surface area contributed by atoms with Gasteiger partial charge >= 0.3 is 6.18 Å². The highest BCUT2D eigenvalue weighted by Gasteiger charge is 2.33. The fourth-order valence-corrected chi connectivity index (χ4v) is 4.08. The first kappa shape index (κ1) is 20.7. The first-order valence-corrected chi connectivity index (χ1v) is 10.2. The number of rotatable bonds is 4. The summed E-state index contributed by atoms with van der Waals surface area (Å²) in [7, 11) is 1.73. The number of aromatic nitrogens is 2. The summed E-state index contributed by atoms with van der Waals surface area (Å²) >= 11 is 0. The molecule has 0 spiro atoms. The second kappa shape index (κ2) is 8.29. The maximum Gasteiger partial charge on any atom is 0.416 e. The molecule has 0 saturated carbocycles. The smallest absolute Gasteiger partial charge is 0.381 e. The molecule has 2 aromatic rings. The predicted octanol–water partition coefficient (Wildman–Crippen LogP) is 4.19. The van der Waals surface area contributed by atoms with Crippen LogP contribution < -0.4 is 10.2 Å². The molecule has 2 aliphatic rings. The molecule has 1 atom stereocenters. The van der Waals surface area contributed by atoms with E-state index in [0.29, 0.717) is 31.2 Å². The van der Waals surface area contributed by atoms with Gasteiger partial charge in [0.25, 0.3) is 5.91 Å². The molecule has 0 bridgehead atoms. The van der Waals surface area contributed by atoms with Gasteiger partial charge in [0.1, 0.15) is 5.82 Å². The molecular formula is C21H25F3N4O2. The number of halogens is 3. The van der Waals surface area contributed by atoms with Gasteiger partial charge in [-0.25, -0.2) is 0 Å². The lowest BCUT2D eigenvalue weighted by Crippen LogP contribution is -2.24. The summed E-state index contributed by atoms with van der Waals surface area (Å²) < 4.78 is 46.8. The molecule has 1 aromatic heterocycles. The highest BCUT2D eigenvalue weighted by Crippen LogP contribution is 2.35. The molecule has 6 nitrogen and oxygen atoms in total. The summed E-state index contributed by atoms with van der Waals surface area (Å²) in [6.07, 6.45) is -0.726. The number of nitrogens with one attached hydrogen (secondary N) is 1. The van der Waals surface area contributed by atoms with Gasteiger partial charge in [-0.05, 0) is 43.9 Å². The van der Waals surface area contributed by atoms with Gasteiger partial charge in [-0.2, -0.15) is 18.3 Å². The lowest BCUT2D eigenvalue weighted by atomic mass is 9.99. The van der Waals surface area contributed by atoms with Crippen LogP contribution >= 0.6 is 0 Å². The van der Waals surface area contributed by atoms with Crippen LogP contribution in [0.15, 0.2) is 24.3 Å². The van der Waals surface area contributed by atoms with Crippen LogP contribution in [0.2, 0.25) is 0 Å². The Morgan fingerprint density at radius 3 is 2.63 bits per heavy atom. The molecule has 4 rings (SSSR count). The quantitative estimate of drug-likeness (QED) is 0.803. The fourth-order valence-electron chi connectivity index (χ4n) is 4.08. The Labute approximate surface area is 173 Å². The Kier molecular flexibility index (Phi) is 5.73. The highest BCUT2D eigenvalue weighted by molar-refractivity contribution is 6.08. The summed E-state index contributed by atoms with van der Waals surface area (Å²) in [6.45, 7) is 2.63. The van der Waals surface area contributed by atoms with E-state index >= 15 is 0 Å². The average molecular weight is 422 g/mol. The zero-order valence-electron chi connectivity index (χ0n) is 16.8. The number of anilines is 2. The molecule has 1 amide bonds. The summed E-state index contributed by atoms with van der Waals surface area (Å²) in [5.41, 5.74) is 0.650. The van der Waals surface area contributed by atoms with Crippen molar-refractivity contribution in [2.24, 2.45) is 7.05 Å². The molecule has 2 saturated heterocycles. The zero-order valence-corrected chi connectivity index (χ0v) is 16.8. The van der Waals surface area contributed by atoms with Gasteiger partial charge in [0.2, 0.25) is 0 Å². The van der Waals surface area contributed by atoms with Gasteiger partial charge in [-0.3, -0.25) is 9.48 Å². The average Bonchev–Trinajstić information content (AvgIpc) is 3.38. The first-order valence-electron chi connectivity index (χ1n) is 10.2. The molecule has 3 heterocycles. The molecule has 162 valence electrons. The number of amides is 1. The van der Waals surface area contributed by atoms with Crippen LogP contribution in [0.4, 0.5) is 24.7 Å². The van der Waals surface area contributed by atoms with Crippen molar-refractivity contribution >= 4 is 17.4 Å². The van der Waals surface area contributed by atoms with Gasteiger partial charge < -0.3 is 15.0 Å². The number of benzene rings is 1. The minimum absolute atomic E-state index is 0.182. The van der Waals surface area contributed by atoms with Crippen LogP contribution in [0.5, 0.6) is 0 Å². The van der Waals surface area contributed by atoms with E-state index in [0.717, 1.165) is 50.1 Å². The molecule has 2 fully saturated rings. The van der Waals surface area contributed by atoms with Gasteiger partial charge in [0.05, 0.1) is 29.1 Å². The molecule has 9 heteroatoms. The monoisotopic (exact) mass is 422 g/mol. The van der Waals surface area contributed by atoms with Crippen molar-refractivity contribution in [3.8, 4) is 0 Å². The van der Waals surface area contributed by atoms with Gasteiger partial charge in [-0.15, -0.1) is 0 Å². The van der Waals surface area contributed by atoms with E-state index < -0.39 is 17.6 Å². The standard InChI is InChI=1S/C21H25F3N4O2/c1-27-19(12-17(26-27)14-5-4-10-30-13-14)25-20(29)16-7-6-15(21(22,23)24)11-18(16)28-8-2-3-9-28/h6-7,11-12,14H,2-5,8-10,13H2,1H3,(H,25,29). The lowest BCUT2D eigenvalue weighted by Gasteiger charge is -2.22. The number of nitrogens with zero attached hydrogens (tertiary/aromatic N) is 3. The van der Waals surface area contributed by atoms with E-state index in [2.05, 4.69) is 10.4 Å². The first-order chi connectivity index (χ1) is 14.3. The van der Waals surface area contributed by atoms with Crippen LogP contribution in [0.1, 0.15) is 53.2 Å². The summed E-state index contributed by atoms with van der Waals surface area (Å²) in [6, 6.07) is 5.12. The van der Waals surface area contributed by atoms with E-state index in [1.165, 1.54) is 6.07 Å². The Hall–Kier alpha value is -2.55. The molecule has 1 unspecified atom stereocenters. The lowest BCUT2D eigenvalue weighted by molar-refractivity contribution is -0.137. The third kappa shape index (κ3) is 4.30. The van der Waals surface area contributed by atoms with Crippen molar-refractivity contribution in [2.45, 2.75) is 37.8 Å². The molecule has 0 radical (unpaired) electrons. The van der Waals surface area contributed by atoms with Crippen molar-refractivity contribution in [3.05, 3.63) is 41.1 Å². The normalized spacial score (nSPS) is 19.9. The van der Waals surface area contributed by atoms with Crippen LogP contribution in [-0.2, 0) is 18.0 Å². The van der Waals surface area contributed by atoms with E-state index in [1.807, 2.05) is 11.0 Å². The Morgan fingerprint density at radius 1 is 1.20 bits per heavy atom. The van der Waals surface area contributed by atoms with Crippen molar-refractivity contribution in [1.82, 2.24) is 9.78 Å². The third-order valence-electron chi connectivity index (χ3n) is 5.74. The van der Waals surface area contributed by atoms with Gasteiger partial charge in [0.15, 0.2) is 0 Å². The second-order valence-electron chi connectivity index (χ2n) is 7.87. The van der Waals surface area contributed by atoms with Crippen molar-refractivity contribution in [1.29, 1.82) is 0 Å². The topological polar surface area (TPSA) is 59.4 Å². The molecule has 1 aromatic carbocycles. The Morgan fingerprint density at radius 2 is 1.97 bits per heavy atom. The minimum atomic E-state index is -4.46. The summed E-state index contributed by atoms with van der Waals surface area (Å²) in [4.78, 5) is 14.9. The van der Waals surface area contributed by atoms with E-state index in [-0.39, 0.29) is 11.5 Å². The van der Waals surface area contributed by atoms with Crippen LogP contribution in [0, 0.1) is 0 Å². The number of aryl methyl sites for hydroxylation is 1. The molecular weight excluding hydrogens is 397 g/mol. The largest absolute Gasteiger partial charge is 0.416 e. The number of hydrogen-bond donors (Lipinski definition) is 1. The van der Waals surface area contributed by atoms with E-state index in [1.54, 1.807) is 11.7 Å². The van der Waals surface area contributed by atoms with Crippen molar-refractivity contribution in [2.75, 3.05) is 36.5 Å². The maximum absolute atomic E-state index is 13.2. The molecule has 0 aliphatic carbocycles.